The first kappa shape index (κ1) is 15.0. The van der Waals surface area contributed by atoms with Crippen LogP contribution in [0.4, 0.5) is 5.69 Å². The van der Waals surface area contributed by atoms with Gasteiger partial charge in [-0.05, 0) is 24.6 Å². The fourth-order valence-corrected chi connectivity index (χ4v) is 3.10. The number of fused-ring (bicyclic) bond motifs is 3. The van der Waals surface area contributed by atoms with Crippen LogP contribution >= 0.6 is 11.8 Å². The first-order valence-corrected chi connectivity index (χ1v) is 8.77. The normalized spacial score (nSPS) is 15.6. The zero-order chi connectivity index (χ0) is 16.4. The molecule has 0 aliphatic carbocycles. The first-order valence-electron chi connectivity index (χ1n) is 7.78. The smallest absolute Gasteiger partial charge is 0.247 e. The lowest BCUT2D eigenvalue weighted by Crippen LogP contribution is -2.16. The Bertz CT molecular complexity index is 838. The number of nitrogens with zero attached hydrogens (tertiary/aromatic N) is 3. The molecule has 4 rings (SSSR count). The maximum absolute atomic E-state index is 6.07. The van der Waals surface area contributed by atoms with E-state index in [1.54, 1.807) is 18.0 Å². The Kier molecular flexibility index (Phi) is 4.08. The lowest BCUT2D eigenvalue weighted by Gasteiger charge is -2.16. The van der Waals surface area contributed by atoms with Crippen LogP contribution in [0.5, 0.6) is 5.88 Å². The number of aromatic nitrogens is 3. The van der Waals surface area contributed by atoms with E-state index in [0.717, 1.165) is 23.4 Å². The molecule has 1 atom stereocenters. The fraction of sp³-hybridized carbons (Fsp3) is 0.235. The maximum atomic E-state index is 6.07. The summed E-state index contributed by atoms with van der Waals surface area (Å²) in [6.45, 7) is 2.12. The van der Waals surface area contributed by atoms with Gasteiger partial charge >= 0.3 is 0 Å². The third-order valence-electron chi connectivity index (χ3n) is 3.57. The van der Waals surface area contributed by atoms with Gasteiger partial charge in [-0.25, -0.2) is 0 Å². The minimum Gasteiger partial charge on any atom is -0.463 e. The van der Waals surface area contributed by atoms with E-state index in [9.17, 15) is 0 Å². The molecule has 0 saturated heterocycles. The van der Waals surface area contributed by atoms with Gasteiger partial charge in [0.25, 0.3) is 0 Å². The molecule has 0 radical (unpaired) electrons. The Morgan fingerprint density at radius 3 is 2.92 bits per heavy atom. The SMILES string of the molecule is CCCSc1nnc2c(n1)OC(c1ccco1)Nc1ccccc1-2. The number of thioether (sulfide) groups is 1. The lowest BCUT2D eigenvalue weighted by atomic mass is 10.1. The van der Waals surface area contributed by atoms with Crippen molar-refractivity contribution in [2.24, 2.45) is 0 Å². The second-order valence-corrected chi connectivity index (χ2v) is 6.36. The number of benzene rings is 1. The highest BCUT2D eigenvalue weighted by Gasteiger charge is 2.27. The third kappa shape index (κ3) is 2.82. The molecule has 0 saturated carbocycles. The molecule has 1 unspecified atom stereocenters. The molecular formula is C17H16N4O2S. The van der Waals surface area contributed by atoms with Gasteiger partial charge in [-0.2, -0.15) is 4.98 Å². The van der Waals surface area contributed by atoms with Crippen molar-refractivity contribution in [3.8, 4) is 17.1 Å². The predicted octanol–water partition coefficient (Wildman–Crippen LogP) is 4.14. The zero-order valence-electron chi connectivity index (χ0n) is 13.1. The van der Waals surface area contributed by atoms with Crippen LogP contribution in [0.25, 0.3) is 11.3 Å². The van der Waals surface area contributed by atoms with Crippen LogP contribution in [-0.4, -0.2) is 20.9 Å². The van der Waals surface area contributed by atoms with Gasteiger partial charge in [0.15, 0.2) is 11.5 Å². The van der Waals surface area contributed by atoms with Crippen molar-refractivity contribution in [1.29, 1.82) is 0 Å². The third-order valence-corrected chi connectivity index (χ3v) is 4.61. The molecule has 3 aromatic rings. The summed E-state index contributed by atoms with van der Waals surface area (Å²) < 4.78 is 11.6. The van der Waals surface area contributed by atoms with Crippen molar-refractivity contribution in [1.82, 2.24) is 15.2 Å². The average molecular weight is 340 g/mol. The van der Waals surface area contributed by atoms with Gasteiger partial charge in [-0.15, -0.1) is 10.2 Å². The van der Waals surface area contributed by atoms with Crippen molar-refractivity contribution < 1.29 is 9.15 Å². The Morgan fingerprint density at radius 2 is 2.08 bits per heavy atom. The van der Waals surface area contributed by atoms with Gasteiger partial charge in [-0.1, -0.05) is 36.9 Å². The summed E-state index contributed by atoms with van der Waals surface area (Å²) in [5.74, 6) is 2.08. The Hall–Kier alpha value is -2.54. The summed E-state index contributed by atoms with van der Waals surface area (Å²) >= 11 is 1.57. The molecule has 24 heavy (non-hydrogen) atoms. The van der Waals surface area contributed by atoms with Gasteiger partial charge in [0, 0.05) is 17.0 Å². The summed E-state index contributed by atoms with van der Waals surface area (Å²) in [4.78, 5) is 4.56. The predicted molar refractivity (Wildman–Crippen MR) is 92.0 cm³/mol. The minimum atomic E-state index is -0.469. The largest absolute Gasteiger partial charge is 0.463 e. The summed E-state index contributed by atoms with van der Waals surface area (Å²) in [6, 6.07) is 11.6. The van der Waals surface area contributed by atoms with E-state index in [1.165, 1.54) is 0 Å². The Labute approximate surface area is 143 Å². The summed E-state index contributed by atoms with van der Waals surface area (Å²) in [5, 5.41) is 12.5. The average Bonchev–Trinajstić information content (AvgIpc) is 3.09. The number of nitrogens with one attached hydrogen (secondary N) is 1. The van der Waals surface area contributed by atoms with Crippen LogP contribution in [-0.2, 0) is 0 Å². The molecule has 1 aromatic carbocycles. The van der Waals surface area contributed by atoms with Crippen molar-refractivity contribution in [3.63, 3.8) is 0 Å². The number of furan rings is 1. The topological polar surface area (TPSA) is 73.1 Å². The lowest BCUT2D eigenvalue weighted by molar-refractivity contribution is 0.195. The van der Waals surface area contributed by atoms with E-state index in [0.29, 0.717) is 22.5 Å². The number of anilines is 1. The molecule has 122 valence electrons. The van der Waals surface area contributed by atoms with Crippen LogP contribution in [0.2, 0.25) is 0 Å². The molecule has 0 fully saturated rings. The van der Waals surface area contributed by atoms with Crippen LogP contribution < -0.4 is 10.1 Å². The molecule has 6 nitrogen and oxygen atoms in total. The molecular weight excluding hydrogens is 324 g/mol. The van der Waals surface area contributed by atoms with Crippen molar-refractivity contribution >= 4 is 17.4 Å². The number of ether oxygens (including phenoxy) is 1. The molecule has 1 aliphatic rings. The van der Waals surface area contributed by atoms with Crippen LogP contribution in [0.15, 0.2) is 52.2 Å². The van der Waals surface area contributed by atoms with E-state index >= 15 is 0 Å². The van der Waals surface area contributed by atoms with E-state index < -0.39 is 6.23 Å². The van der Waals surface area contributed by atoms with Crippen LogP contribution in [0.1, 0.15) is 25.3 Å². The summed E-state index contributed by atoms with van der Waals surface area (Å²) in [6.07, 6.45) is 2.20. The second kappa shape index (κ2) is 6.52. The molecule has 0 amide bonds. The van der Waals surface area contributed by atoms with Gasteiger partial charge in [0.1, 0.15) is 0 Å². The van der Waals surface area contributed by atoms with E-state index in [-0.39, 0.29) is 0 Å². The van der Waals surface area contributed by atoms with E-state index in [2.05, 4.69) is 27.4 Å². The number of hydrogen-bond donors (Lipinski definition) is 1. The van der Waals surface area contributed by atoms with E-state index in [4.69, 9.17) is 9.15 Å². The minimum absolute atomic E-state index is 0.461. The highest BCUT2D eigenvalue weighted by Crippen LogP contribution is 2.39. The van der Waals surface area contributed by atoms with Crippen LogP contribution in [0, 0.1) is 0 Å². The molecule has 1 N–H and O–H groups in total. The van der Waals surface area contributed by atoms with Crippen molar-refractivity contribution in [2.45, 2.75) is 24.7 Å². The molecule has 2 aromatic heterocycles. The highest BCUT2D eigenvalue weighted by molar-refractivity contribution is 7.99. The Morgan fingerprint density at radius 1 is 1.17 bits per heavy atom. The Balaban J connectivity index is 1.79. The van der Waals surface area contributed by atoms with Gasteiger partial charge < -0.3 is 14.5 Å². The maximum Gasteiger partial charge on any atom is 0.247 e. The molecule has 7 heteroatoms. The van der Waals surface area contributed by atoms with Gasteiger partial charge in [-0.3, -0.25) is 0 Å². The van der Waals surface area contributed by atoms with Gasteiger partial charge in [0.2, 0.25) is 17.3 Å². The zero-order valence-corrected chi connectivity index (χ0v) is 13.9. The number of hydrogen-bond acceptors (Lipinski definition) is 7. The highest BCUT2D eigenvalue weighted by atomic mass is 32.2. The number of rotatable bonds is 4. The standard InChI is InChI=1S/C17H16N4O2S/c1-2-10-24-17-19-16-14(20-21-17)11-6-3-4-7-12(11)18-15(23-16)13-8-5-9-22-13/h3-9,15,18H,2,10H2,1H3. The summed E-state index contributed by atoms with van der Waals surface area (Å²) in [7, 11) is 0. The molecule has 1 aliphatic heterocycles. The molecule has 0 spiro atoms. The molecule has 3 heterocycles. The fourth-order valence-electron chi connectivity index (χ4n) is 2.47. The van der Waals surface area contributed by atoms with Crippen molar-refractivity contribution in [2.75, 3.05) is 11.1 Å². The quantitative estimate of drug-likeness (QED) is 0.716. The monoisotopic (exact) mass is 340 g/mol. The van der Waals surface area contributed by atoms with Crippen molar-refractivity contribution in [3.05, 3.63) is 48.4 Å². The van der Waals surface area contributed by atoms with Crippen LogP contribution in [0.3, 0.4) is 0 Å². The first-order chi connectivity index (χ1) is 11.8. The second-order valence-electron chi connectivity index (χ2n) is 5.30. The summed E-state index contributed by atoms with van der Waals surface area (Å²) in [5.41, 5.74) is 2.45. The number of para-hydroxylation sites is 1. The van der Waals surface area contributed by atoms with Gasteiger partial charge in [0.05, 0.1) is 6.26 Å². The van der Waals surface area contributed by atoms with E-state index in [1.807, 2.05) is 36.4 Å². The molecule has 0 bridgehead atoms.